The summed E-state index contributed by atoms with van der Waals surface area (Å²) in [6.45, 7) is 22.0. The Hall–Kier alpha value is -1.91. The summed E-state index contributed by atoms with van der Waals surface area (Å²) in [7, 11) is 1.44. The van der Waals surface area contributed by atoms with Crippen molar-refractivity contribution in [3.05, 3.63) is 23.8 Å². The van der Waals surface area contributed by atoms with E-state index >= 15 is 0 Å². The third-order valence-corrected chi connectivity index (χ3v) is 12.5. The minimum Gasteiger partial charge on any atom is -0.469 e. The van der Waals surface area contributed by atoms with Gasteiger partial charge in [0, 0.05) is 23.8 Å². The minimum atomic E-state index is -0.430. The molecule has 218 valence electrons. The summed E-state index contributed by atoms with van der Waals surface area (Å²) in [4.78, 5) is 40.1. The highest BCUT2D eigenvalue weighted by Gasteiger charge is 2.68. The lowest BCUT2D eigenvalue weighted by Crippen LogP contribution is -2.63. The second-order valence-corrected chi connectivity index (χ2v) is 15.3. The number of fused-ring (bicyclic) bond motifs is 5. The SMILES string of the molecule is C=C(C)[C@@H]1CC[C@]2(C)[C@H](C(=O)C=C3[C@@H]4C[C@@](C)(C(=O)NC(C)C)CC[C@]4(C)CC[C@]32C)[C@@]1(C)CCC(=O)OC. The van der Waals surface area contributed by atoms with Gasteiger partial charge in [-0.15, -0.1) is 0 Å². The van der Waals surface area contributed by atoms with Crippen LogP contribution >= 0.6 is 0 Å². The summed E-state index contributed by atoms with van der Waals surface area (Å²) < 4.78 is 5.02. The average Bonchev–Trinajstić information content (AvgIpc) is 2.84. The van der Waals surface area contributed by atoms with Gasteiger partial charge in [-0.3, -0.25) is 14.4 Å². The maximum absolute atomic E-state index is 14.4. The van der Waals surface area contributed by atoms with Crippen LogP contribution in [0.3, 0.4) is 0 Å². The van der Waals surface area contributed by atoms with Crippen LogP contribution in [0.15, 0.2) is 23.8 Å². The van der Waals surface area contributed by atoms with Gasteiger partial charge in [0.2, 0.25) is 5.91 Å². The largest absolute Gasteiger partial charge is 0.469 e. The third-order valence-electron chi connectivity index (χ3n) is 12.5. The van der Waals surface area contributed by atoms with E-state index in [1.165, 1.54) is 12.7 Å². The van der Waals surface area contributed by atoms with Crippen LogP contribution in [-0.2, 0) is 19.1 Å². The molecule has 39 heavy (non-hydrogen) atoms. The molecule has 3 saturated carbocycles. The van der Waals surface area contributed by atoms with Crippen molar-refractivity contribution < 1.29 is 19.1 Å². The lowest BCUT2D eigenvalue weighted by Gasteiger charge is -2.68. The first-order valence-electron chi connectivity index (χ1n) is 15.3. The second kappa shape index (κ2) is 9.87. The zero-order valence-corrected chi connectivity index (χ0v) is 26.1. The van der Waals surface area contributed by atoms with Gasteiger partial charge in [-0.1, -0.05) is 52.3 Å². The molecule has 0 unspecified atom stereocenters. The molecular weight excluding hydrogens is 486 g/mol. The van der Waals surface area contributed by atoms with E-state index in [-0.39, 0.29) is 63.1 Å². The molecule has 1 N–H and O–H groups in total. The second-order valence-electron chi connectivity index (χ2n) is 15.3. The van der Waals surface area contributed by atoms with Crippen molar-refractivity contribution in [3.8, 4) is 0 Å². The van der Waals surface area contributed by atoms with Gasteiger partial charge >= 0.3 is 5.97 Å². The molecule has 8 atom stereocenters. The Bertz CT molecular complexity index is 1090. The van der Waals surface area contributed by atoms with Crippen LogP contribution in [0.25, 0.3) is 0 Å². The zero-order chi connectivity index (χ0) is 29.2. The average molecular weight is 540 g/mol. The van der Waals surface area contributed by atoms with E-state index in [4.69, 9.17) is 4.74 Å². The smallest absolute Gasteiger partial charge is 0.305 e. The Morgan fingerprint density at radius 3 is 2.31 bits per heavy atom. The van der Waals surface area contributed by atoms with Gasteiger partial charge in [0.1, 0.15) is 0 Å². The lowest BCUT2D eigenvalue weighted by molar-refractivity contribution is -0.165. The fourth-order valence-corrected chi connectivity index (χ4v) is 9.82. The van der Waals surface area contributed by atoms with Gasteiger partial charge in [0.25, 0.3) is 0 Å². The Labute approximate surface area is 237 Å². The van der Waals surface area contributed by atoms with Crippen molar-refractivity contribution in [1.82, 2.24) is 5.32 Å². The van der Waals surface area contributed by atoms with Crippen LogP contribution in [0.2, 0.25) is 0 Å². The molecule has 0 aromatic rings. The fraction of sp³-hybridized carbons (Fsp3) is 0.794. The van der Waals surface area contributed by atoms with Crippen molar-refractivity contribution in [1.29, 1.82) is 0 Å². The summed E-state index contributed by atoms with van der Waals surface area (Å²) in [6.07, 6.45) is 9.79. The number of hydrogen-bond acceptors (Lipinski definition) is 4. The molecule has 0 spiro atoms. The summed E-state index contributed by atoms with van der Waals surface area (Å²) in [5.41, 5.74) is 1.36. The molecule has 0 bridgehead atoms. The van der Waals surface area contributed by atoms with Crippen LogP contribution in [-0.4, -0.2) is 30.8 Å². The normalized spacial score (nSPS) is 43.5. The number of ether oxygens (including phenoxy) is 1. The summed E-state index contributed by atoms with van der Waals surface area (Å²) >= 11 is 0. The van der Waals surface area contributed by atoms with Crippen LogP contribution in [0.5, 0.6) is 0 Å². The quantitative estimate of drug-likeness (QED) is 0.286. The van der Waals surface area contributed by atoms with Crippen LogP contribution in [0.1, 0.15) is 113 Å². The Balaban J connectivity index is 1.80. The Morgan fingerprint density at radius 2 is 1.72 bits per heavy atom. The van der Waals surface area contributed by atoms with Crippen molar-refractivity contribution >= 4 is 17.7 Å². The predicted octanol–water partition coefficient (Wildman–Crippen LogP) is 7.20. The highest BCUT2D eigenvalue weighted by atomic mass is 16.5. The standard InChI is InChI=1S/C34H53NO4/c1-21(2)23-11-14-34(9)28(32(23,7)13-12-27(37)39-10)26(36)19-24-25-20-31(6,29(38)35-22(3)4)16-15-30(25,5)17-18-33(24,34)8/h19,22-23,25,28H,1,11-18,20H2,2-10H3,(H,35,38)/t23-,25-,28+,30+,31-,32-,33+,34+/m0/s1. The highest BCUT2D eigenvalue weighted by Crippen LogP contribution is 2.73. The molecule has 0 saturated heterocycles. The molecule has 0 heterocycles. The van der Waals surface area contributed by atoms with E-state index in [0.717, 1.165) is 50.5 Å². The lowest BCUT2D eigenvalue weighted by atomic mass is 9.35. The van der Waals surface area contributed by atoms with E-state index in [9.17, 15) is 14.4 Å². The molecule has 4 rings (SSSR count). The monoisotopic (exact) mass is 539 g/mol. The van der Waals surface area contributed by atoms with Crippen molar-refractivity contribution in [3.63, 3.8) is 0 Å². The Kier molecular flexibility index (Phi) is 7.61. The number of rotatable bonds is 6. The van der Waals surface area contributed by atoms with Gasteiger partial charge < -0.3 is 10.1 Å². The maximum atomic E-state index is 14.4. The molecule has 4 aliphatic rings. The van der Waals surface area contributed by atoms with Gasteiger partial charge in [-0.25, -0.2) is 0 Å². The topological polar surface area (TPSA) is 72.5 Å². The molecular formula is C34H53NO4. The van der Waals surface area contributed by atoms with E-state index in [0.29, 0.717) is 12.8 Å². The number of nitrogens with one attached hydrogen (secondary N) is 1. The molecule has 3 fully saturated rings. The zero-order valence-electron chi connectivity index (χ0n) is 26.1. The summed E-state index contributed by atoms with van der Waals surface area (Å²) in [5.74, 6) is 0.373. The predicted molar refractivity (Wildman–Crippen MR) is 156 cm³/mol. The first kappa shape index (κ1) is 30.1. The van der Waals surface area contributed by atoms with Crippen molar-refractivity contribution in [2.24, 2.45) is 44.8 Å². The minimum absolute atomic E-state index is 0.107. The molecule has 0 radical (unpaired) electrons. The molecule has 0 aromatic carbocycles. The molecule has 0 aliphatic heterocycles. The van der Waals surface area contributed by atoms with E-state index < -0.39 is 5.41 Å². The van der Waals surface area contributed by atoms with Crippen molar-refractivity contribution in [2.75, 3.05) is 7.11 Å². The first-order valence-corrected chi connectivity index (χ1v) is 15.3. The van der Waals surface area contributed by atoms with Gasteiger partial charge in [0.05, 0.1) is 7.11 Å². The number of ketones is 1. The molecule has 1 amide bonds. The van der Waals surface area contributed by atoms with Gasteiger partial charge in [0.15, 0.2) is 5.78 Å². The number of amides is 1. The van der Waals surface area contributed by atoms with Gasteiger partial charge in [-0.05, 0) is 112 Å². The van der Waals surface area contributed by atoms with E-state index in [1.807, 2.05) is 19.9 Å². The van der Waals surface area contributed by atoms with E-state index in [2.05, 4.69) is 53.4 Å². The van der Waals surface area contributed by atoms with E-state index in [1.54, 1.807) is 0 Å². The molecule has 5 nitrogen and oxygen atoms in total. The third kappa shape index (κ3) is 4.54. The number of methoxy groups -OCH3 is 1. The molecule has 5 heteroatoms. The fourth-order valence-electron chi connectivity index (χ4n) is 9.82. The summed E-state index contributed by atoms with van der Waals surface area (Å²) in [6, 6.07) is 0.112. The van der Waals surface area contributed by atoms with Crippen LogP contribution in [0, 0.1) is 44.8 Å². The van der Waals surface area contributed by atoms with Gasteiger partial charge in [-0.2, -0.15) is 0 Å². The number of hydrogen-bond donors (Lipinski definition) is 1. The summed E-state index contributed by atoms with van der Waals surface area (Å²) in [5, 5.41) is 3.19. The first-order chi connectivity index (χ1) is 18.0. The molecule has 4 aliphatic carbocycles. The van der Waals surface area contributed by atoms with Crippen LogP contribution in [0.4, 0.5) is 0 Å². The maximum Gasteiger partial charge on any atom is 0.305 e. The molecule has 0 aromatic heterocycles. The number of carbonyl (C=O) groups is 3. The Morgan fingerprint density at radius 1 is 1.08 bits per heavy atom. The van der Waals surface area contributed by atoms with Crippen molar-refractivity contribution in [2.45, 2.75) is 119 Å². The highest BCUT2D eigenvalue weighted by molar-refractivity contribution is 5.96. The number of esters is 1. The number of carbonyl (C=O) groups excluding carboxylic acids is 3. The van der Waals surface area contributed by atoms with Crippen LogP contribution < -0.4 is 5.32 Å². The number of allylic oxidation sites excluding steroid dienone is 3.